The molecule has 7 rings (SSSR count). The summed E-state index contributed by atoms with van der Waals surface area (Å²) in [7, 11) is 2.70. The molecule has 19 heteroatoms. The number of ether oxygens (including phenoxy) is 4. The lowest BCUT2D eigenvalue weighted by molar-refractivity contribution is -0.153. The van der Waals surface area contributed by atoms with E-state index in [9.17, 15) is 38.7 Å². The molecule has 5 aromatic rings. The monoisotopic (exact) mass is 1040 g/mol. The molecule has 1 saturated heterocycles. The van der Waals surface area contributed by atoms with Crippen LogP contribution >= 0.6 is 0 Å². The first kappa shape index (κ1) is 55.7. The van der Waals surface area contributed by atoms with E-state index in [1.807, 2.05) is 36.4 Å². The highest BCUT2D eigenvalue weighted by Crippen LogP contribution is 2.44. The van der Waals surface area contributed by atoms with Gasteiger partial charge in [-0.05, 0) is 85.5 Å². The maximum absolute atomic E-state index is 14.6. The summed E-state index contributed by atoms with van der Waals surface area (Å²) in [6.07, 6.45) is 0.974. The van der Waals surface area contributed by atoms with Crippen LogP contribution in [0.25, 0.3) is 11.1 Å². The average Bonchev–Trinajstić information content (AvgIpc) is 4.16. The first-order chi connectivity index (χ1) is 36.2. The molecule has 0 unspecified atom stereocenters. The molecule has 4 aromatic carbocycles. The van der Waals surface area contributed by atoms with Crippen molar-refractivity contribution in [1.82, 2.24) is 35.4 Å². The lowest BCUT2D eigenvalue weighted by Gasteiger charge is -2.33. The van der Waals surface area contributed by atoms with E-state index < -0.39 is 89.4 Å². The second-order valence-corrected chi connectivity index (χ2v) is 20.6. The van der Waals surface area contributed by atoms with Crippen LogP contribution in [0.15, 0.2) is 109 Å². The van der Waals surface area contributed by atoms with Crippen molar-refractivity contribution >= 4 is 41.7 Å². The molecule has 0 radical (unpaired) electrons. The van der Waals surface area contributed by atoms with Crippen LogP contribution in [0.3, 0.4) is 0 Å². The number of likely N-dealkylation sites (N-methyl/N-ethyl adjacent to an activating group) is 1. The molecule has 3 N–H and O–H groups in total. The summed E-state index contributed by atoms with van der Waals surface area (Å²) in [5, 5.41) is 24.2. The highest BCUT2D eigenvalue weighted by Gasteiger charge is 2.45. The SMILES string of the molecule is COC(=O)[C@@H](CC(=O)OCC1c2ccccc2-c2ccccc21)Cc1ccc(OCc2cn([C@H]3C[C@@H](C(=O)N[C@@H](Cc4ccccc4)C(=O)O)N(C(=O)[C@@H](NC(=O)[C@H](C)N(C)C(=O)OC(C)(C)C)C(C)C)C3)nn2)cc1. The Kier molecular flexibility index (Phi) is 17.9. The van der Waals surface area contributed by atoms with E-state index in [0.717, 1.165) is 32.7 Å². The number of likely N-dealkylation sites (tertiary alicyclic amines) is 1. The Morgan fingerprint density at radius 2 is 1.43 bits per heavy atom. The maximum Gasteiger partial charge on any atom is 0.410 e. The number of aromatic nitrogens is 3. The van der Waals surface area contributed by atoms with Crippen molar-refractivity contribution < 1.29 is 57.6 Å². The molecule has 1 aromatic heterocycles. The van der Waals surface area contributed by atoms with Crippen LogP contribution in [-0.2, 0) is 62.4 Å². The average molecular weight is 1040 g/mol. The van der Waals surface area contributed by atoms with Gasteiger partial charge < -0.3 is 39.6 Å². The fourth-order valence-corrected chi connectivity index (χ4v) is 9.45. The third-order valence-electron chi connectivity index (χ3n) is 13.7. The van der Waals surface area contributed by atoms with Gasteiger partial charge in [0, 0.05) is 32.4 Å². The van der Waals surface area contributed by atoms with Gasteiger partial charge in [0.15, 0.2) is 0 Å². The number of carbonyl (C=O) groups is 7. The molecule has 4 amide bonds. The molecule has 402 valence electrons. The summed E-state index contributed by atoms with van der Waals surface area (Å²) in [6, 6.07) is 26.7. The van der Waals surface area contributed by atoms with E-state index >= 15 is 0 Å². The van der Waals surface area contributed by atoms with Crippen molar-refractivity contribution in [2.24, 2.45) is 11.8 Å². The van der Waals surface area contributed by atoms with Crippen molar-refractivity contribution in [3.63, 3.8) is 0 Å². The first-order valence-electron chi connectivity index (χ1n) is 25.4. The predicted octanol–water partition coefficient (Wildman–Crippen LogP) is 6.28. The van der Waals surface area contributed by atoms with Crippen molar-refractivity contribution in [2.75, 3.05) is 27.3 Å². The summed E-state index contributed by atoms with van der Waals surface area (Å²) >= 11 is 0. The summed E-state index contributed by atoms with van der Waals surface area (Å²) in [5.41, 5.74) is 5.46. The smallest absolute Gasteiger partial charge is 0.410 e. The Bertz CT molecular complexity index is 2840. The van der Waals surface area contributed by atoms with Gasteiger partial charge in [0.05, 0.1) is 31.7 Å². The lowest BCUT2D eigenvalue weighted by atomic mass is 9.96. The molecule has 1 aliphatic carbocycles. The van der Waals surface area contributed by atoms with Crippen molar-refractivity contribution in [2.45, 2.75) is 116 Å². The Morgan fingerprint density at radius 3 is 2.04 bits per heavy atom. The summed E-state index contributed by atoms with van der Waals surface area (Å²) in [4.78, 5) is 96.4. The van der Waals surface area contributed by atoms with Crippen LogP contribution in [0.1, 0.15) is 94.3 Å². The van der Waals surface area contributed by atoms with Gasteiger partial charge in [-0.15, -0.1) is 5.10 Å². The summed E-state index contributed by atoms with van der Waals surface area (Å²) < 4.78 is 23.9. The van der Waals surface area contributed by atoms with E-state index in [4.69, 9.17) is 18.9 Å². The number of carboxylic acid groups (broad SMARTS) is 1. The Labute approximate surface area is 442 Å². The molecule has 76 heavy (non-hydrogen) atoms. The number of nitrogens with zero attached hydrogens (tertiary/aromatic N) is 5. The molecule has 1 aliphatic heterocycles. The molecule has 2 heterocycles. The third-order valence-corrected chi connectivity index (χ3v) is 13.7. The largest absolute Gasteiger partial charge is 0.487 e. The minimum atomic E-state index is -1.32. The Balaban J connectivity index is 0.992. The number of fused-ring (bicyclic) bond motifs is 3. The molecule has 19 nitrogen and oxygen atoms in total. The number of rotatable bonds is 21. The minimum absolute atomic E-state index is 0.00737. The standard InChI is InChI=1S/C57H67N7O12/c1-34(2)50(59-51(66)35(3)62(7)56(72)76-57(4,5)6)53(68)63-31-40(29-48(63)52(67)58-47(54(69)70)27-36-16-10-9-11-17-36)64-30-39(60-61-64)32-74-41-24-22-37(23-25-41)26-38(55(71)73-8)28-49(65)75-33-46-44-20-14-12-18-42(44)43-19-13-15-21-45(43)46/h9-25,30,34-35,38,40,46-48,50H,26-29,31-33H2,1-8H3,(H,58,67)(H,59,66)(H,69,70)/t35-,38+,40-,47-,48-,50-/m0/s1. The van der Waals surface area contributed by atoms with E-state index in [2.05, 4.69) is 33.1 Å². The van der Waals surface area contributed by atoms with Crippen LogP contribution in [0, 0.1) is 11.8 Å². The van der Waals surface area contributed by atoms with Gasteiger partial charge in [-0.2, -0.15) is 0 Å². The zero-order valence-electron chi connectivity index (χ0n) is 44.1. The zero-order valence-corrected chi connectivity index (χ0v) is 44.1. The fraction of sp³-hybridized carbons (Fsp3) is 0.421. The van der Waals surface area contributed by atoms with Crippen LogP contribution in [0.4, 0.5) is 4.79 Å². The van der Waals surface area contributed by atoms with Crippen LogP contribution in [-0.4, -0.2) is 129 Å². The predicted molar refractivity (Wildman–Crippen MR) is 278 cm³/mol. The lowest BCUT2D eigenvalue weighted by Crippen LogP contribution is -2.58. The number of carbonyl (C=O) groups excluding carboxylic acids is 6. The molecule has 0 spiro atoms. The highest BCUT2D eigenvalue weighted by atomic mass is 16.6. The van der Waals surface area contributed by atoms with E-state index in [-0.39, 0.29) is 51.4 Å². The van der Waals surface area contributed by atoms with Gasteiger partial charge in [0.2, 0.25) is 17.7 Å². The van der Waals surface area contributed by atoms with Gasteiger partial charge in [0.25, 0.3) is 0 Å². The summed E-state index contributed by atoms with van der Waals surface area (Å²) in [5.74, 6) is -5.12. The second-order valence-electron chi connectivity index (χ2n) is 20.6. The number of esters is 2. The number of hydrogen-bond acceptors (Lipinski definition) is 13. The number of aliphatic carboxylic acids is 1. The fourth-order valence-electron chi connectivity index (χ4n) is 9.45. The van der Waals surface area contributed by atoms with E-state index in [1.54, 1.807) is 95.4 Å². The first-order valence-corrected chi connectivity index (χ1v) is 25.4. The van der Waals surface area contributed by atoms with Crippen LogP contribution in [0.2, 0.25) is 0 Å². The van der Waals surface area contributed by atoms with Crippen molar-refractivity contribution in [1.29, 1.82) is 0 Å². The molecule has 6 atom stereocenters. The van der Waals surface area contributed by atoms with E-state index in [0.29, 0.717) is 17.0 Å². The number of nitrogens with one attached hydrogen (secondary N) is 2. The van der Waals surface area contributed by atoms with Gasteiger partial charge in [-0.1, -0.05) is 110 Å². The number of benzene rings is 4. The molecule has 0 bridgehead atoms. The van der Waals surface area contributed by atoms with Crippen LogP contribution < -0.4 is 15.4 Å². The number of carboxylic acids is 1. The molecular formula is C57H67N7O12. The van der Waals surface area contributed by atoms with E-state index in [1.165, 1.54) is 30.7 Å². The van der Waals surface area contributed by atoms with Crippen molar-refractivity contribution in [3.8, 4) is 16.9 Å². The normalized spacial score (nSPS) is 16.6. The number of methoxy groups -OCH3 is 1. The summed E-state index contributed by atoms with van der Waals surface area (Å²) in [6.45, 7) is 10.2. The van der Waals surface area contributed by atoms with Gasteiger partial charge in [-0.25, -0.2) is 14.3 Å². The van der Waals surface area contributed by atoms with Gasteiger partial charge in [0.1, 0.15) is 54.4 Å². The Morgan fingerprint density at radius 1 is 0.816 bits per heavy atom. The molecule has 1 fully saturated rings. The quantitative estimate of drug-likeness (QED) is 0.0542. The molecular weight excluding hydrogens is 975 g/mol. The van der Waals surface area contributed by atoms with Crippen LogP contribution in [0.5, 0.6) is 5.75 Å². The van der Waals surface area contributed by atoms with Gasteiger partial charge >= 0.3 is 24.0 Å². The van der Waals surface area contributed by atoms with Crippen molar-refractivity contribution in [3.05, 3.63) is 137 Å². The second kappa shape index (κ2) is 24.5. The number of amides is 4. The molecule has 2 aliphatic rings. The zero-order chi connectivity index (χ0) is 54.8. The Hall–Kier alpha value is -8.09. The maximum atomic E-state index is 14.6. The van der Waals surface area contributed by atoms with Gasteiger partial charge in [-0.3, -0.25) is 28.9 Å². The minimum Gasteiger partial charge on any atom is -0.487 e. The third kappa shape index (κ3) is 13.8. The number of hydrogen-bond donors (Lipinski definition) is 3. The topological polar surface area (TPSA) is 238 Å². The highest BCUT2D eigenvalue weighted by molar-refractivity contribution is 5.95. The molecule has 0 saturated carbocycles.